The molecule has 0 N–H and O–H groups in total. The van der Waals surface area contributed by atoms with E-state index in [4.69, 9.17) is 14.2 Å². The third kappa shape index (κ3) is 3.32. The van der Waals surface area contributed by atoms with Gasteiger partial charge in [0.25, 0.3) is 0 Å². The van der Waals surface area contributed by atoms with Gasteiger partial charge in [0.05, 0.1) is 0 Å². The molecule has 1 rings (SSSR count). The normalized spacial score (nSPS) is 12.5. The molecule has 0 fully saturated rings. The fourth-order valence-corrected chi connectivity index (χ4v) is 1.31. The lowest BCUT2D eigenvalue weighted by molar-refractivity contribution is -0.166. The summed E-state index contributed by atoms with van der Waals surface area (Å²) in [6.45, 7) is 1.70. The number of carbonyl (C=O) groups excluding carboxylic acids is 1. The van der Waals surface area contributed by atoms with Crippen LogP contribution in [0, 0.1) is 5.92 Å². The Morgan fingerprint density at radius 3 is 2.19 bits per heavy atom. The van der Waals surface area contributed by atoms with E-state index in [-0.39, 0.29) is 5.97 Å². The summed E-state index contributed by atoms with van der Waals surface area (Å²) in [4.78, 5) is 11.7. The molecule has 0 aliphatic heterocycles. The minimum atomic E-state index is -0.587. The molecule has 4 nitrogen and oxygen atoms in total. The predicted octanol–water partition coefficient (Wildman–Crippen LogP) is 1.85. The minimum absolute atomic E-state index is 0.375. The highest BCUT2D eigenvalue weighted by atomic mass is 16.7. The van der Waals surface area contributed by atoms with Crippen molar-refractivity contribution < 1.29 is 19.0 Å². The summed E-state index contributed by atoms with van der Waals surface area (Å²) in [6, 6.07) is 8.90. The molecular weight excluding hydrogens is 208 g/mol. The van der Waals surface area contributed by atoms with Crippen LogP contribution >= 0.6 is 0 Å². The van der Waals surface area contributed by atoms with Gasteiger partial charge in [-0.15, -0.1) is 0 Å². The number of hydrogen-bond donors (Lipinski definition) is 0. The van der Waals surface area contributed by atoms with Crippen molar-refractivity contribution in [2.24, 2.45) is 5.92 Å². The first kappa shape index (κ1) is 12.7. The molecule has 0 spiro atoms. The molecule has 88 valence electrons. The Morgan fingerprint density at radius 2 is 1.69 bits per heavy atom. The lowest BCUT2D eigenvalue weighted by Gasteiger charge is -2.19. The summed E-state index contributed by atoms with van der Waals surface area (Å²) in [6.07, 6.45) is -0.587. The molecule has 0 bridgehead atoms. The third-order valence-corrected chi connectivity index (χ3v) is 2.21. The van der Waals surface area contributed by atoms with Crippen LogP contribution in [0.15, 0.2) is 30.3 Å². The minimum Gasteiger partial charge on any atom is -0.426 e. The van der Waals surface area contributed by atoms with Gasteiger partial charge >= 0.3 is 5.97 Å². The zero-order chi connectivity index (χ0) is 12.0. The highest BCUT2D eigenvalue weighted by Crippen LogP contribution is 2.14. The quantitative estimate of drug-likeness (QED) is 0.435. The topological polar surface area (TPSA) is 44.8 Å². The maximum absolute atomic E-state index is 11.7. The van der Waals surface area contributed by atoms with Crippen molar-refractivity contribution in [3.8, 4) is 5.75 Å². The van der Waals surface area contributed by atoms with Gasteiger partial charge in [-0.25, -0.2) is 0 Å². The molecule has 1 aromatic rings. The highest BCUT2D eigenvalue weighted by molar-refractivity contribution is 5.75. The molecule has 0 heterocycles. The van der Waals surface area contributed by atoms with E-state index in [1.165, 1.54) is 14.2 Å². The van der Waals surface area contributed by atoms with Crippen molar-refractivity contribution in [1.82, 2.24) is 0 Å². The van der Waals surface area contributed by atoms with Crippen molar-refractivity contribution in [3.63, 3.8) is 0 Å². The lowest BCUT2D eigenvalue weighted by Crippen LogP contribution is -2.32. The number of methoxy groups -OCH3 is 2. The molecule has 1 aromatic carbocycles. The Balaban J connectivity index is 2.58. The van der Waals surface area contributed by atoms with Gasteiger partial charge in [-0.05, 0) is 19.1 Å². The second kappa shape index (κ2) is 6.25. The second-order valence-electron chi connectivity index (χ2n) is 3.36. The first-order valence-corrected chi connectivity index (χ1v) is 5.01. The Kier molecular flexibility index (Phi) is 4.95. The Hall–Kier alpha value is -1.39. The van der Waals surface area contributed by atoms with Gasteiger partial charge in [0, 0.05) is 14.2 Å². The van der Waals surface area contributed by atoms with Gasteiger partial charge in [0.2, 0.25) is 0 Å². The zero-order valence-electron chi connectivity index (χ0n) is 9.67. The van der Waals surface area contributed by atoms with Gasteiger partial charge in [-0.1, -0.05) is 18.2 Å². The maximum Gasteiger partial charge on any atom is 0.319 e. The monoisotopic (exact) mass is 224 g/mol. The summed E-state index contributed by atoms with van der Waals surface area (Å²) in [7, 11) is 2.97. The molecule has 0 aliphatic carbocycles. The zero-order valence-corrected chi connectivity index (χ0v) is 9.67. The average Bonchev–Trinajstić information content (AvgIpc) is 2.31. The van der Waals surface area contributed by atoms with Crippen molar-refractivity contribution in [2.75, 3.05) is 14.2 Å². The predicted molar refractivity (Wildman–Crippen MR) is 59.0 cm³/mol. The molecule has 1 atom stereocenters. The van der Waals surface area contributed by atoms with Gasteiger partial charge in [0.1, 0.15) is 11.7 Å². The Labute approximate surface area is 95.1 Å². The van der Waals surface area contributed by atoms with Crippen LogP contribution in [0.5, 0.6) is 5.75 Å². The summed E-state index contributed by atoms with van der Waals surface area (Å²) >= 11 is 0. The van der Waals surface area contributed by atoms with Crippen LogP contribution in [-0.2, 0) is 14.3 Å². The first-order chi connectivity index (χ1) is 7.69. The number of esters is 1. The standard InChI is InChI=1S/C12H16O4/c1-9(12(14-2)15-3)11(13)16-10-7-5-4-6-8-10/h4-9,12H,1-3H3. The lowest BCUT2D eigenvalue weighted by atomic mass is 10.2. The van der Waals surface area contributed by atoms with E-state index in [0.29, 0.717) is 5.75 Å². The molecule has 0 aliphatic rings. The van der Waals surface area contributed by atoms with E-state index in [9.17, 15) is 4.79 Å². The molecular formula is C12H16O4. The maximum atomic E-state index is 11.7. The fourth-order valence-electron chi connectivity index (χ4n) is 1.31. The van der Waals surface area contributed by atoms with E-state index >= 15 is 0 Å². The van der Waals surface area contributed by atoms with Crippen LogP contribution in [0.2, 0.25) is 0 Å². The van der Waals surface area contributed by atoms with E-state index in [2.05, 4.69) is 0 Å². The largest absolute Gasteiger partial charge is 0.426 e. The smallest absolute Gasteiger partial charge is 0.319 e. The van der Waals surface area contributed by atoms with Crippen LogP contribution < -0.4 is 4.74 Å². The van der Waals surface area contributed by atoms with Crippen LogP contribution in [0.3, 0.4) is 0 Å². The highest BCUT2D eigenvalue weighted by Gasteiger charge is 2.25. The molecule has 4 heteroatoms. The van der Waals surface area contributed by atoms with E-state index in [0.717, 1.165) is 0 Å². The van der Waals surface area contributed by atoms with E-state index in [1.807, 2.05) is 6.07 Å². The molecule has 16 heavy (non-hydrogen) atoms. The van der Waals surface area contributed by atoms with Gasteiger partial charge in [-0.2, -0.15) is 0 Å². The number of carbonyl (C=O) groups is 1. The van der Waals surface area contributed by atoms with Gasteiger partial charge in [0.15, 0.2) is 6.29 Å². The number of benzene rings is 1. The molecule has 1 unspecified atom stereocenters. The second-order valence-corrected chi connectivity index (χ2v) is 3.36. The van der Waals surface area contributed by atoms with Crippen LogP contribution in [0.4, 0.5) is 0 Å². The summed E-state index contributed by atoms with van der Waals surface area (Å²) in [5.74, 6) is -0.333. The van der Waals surface area contributed by atoms with Crippen molar-refractivity contribution >= 4 is 5.97 Å². The van der Waals surface area contributed by atoms with Crippen LogP contribution in [0.25, 0.3) is 0 Å². The number of ether oxygens (including phenoxy) is 3. The third-order valence-electron chi connectivity index (χ3n) is 2.21. The molecule has 0 saturated heterocycles. The number of rotatable bonds is 5. The number of para-hydroxylation sites is 1. The SMILES string of the molecule is COC(OC)C(C)C(=O)Oc1ccccc1. The molecule has 0 amide bonds. The van der Waals surface area contributed by atoms with E-state index in [1.54, 1.807) is 31.2 Å². The molecule has 0 saturated carbocycles. The first-order valence-electron chi connectivity index (χ1n) is 5.01. The van der Waals surface area contributed by atoms with Crippen LogP contribution in [0.1, 0.15) is 6.92 Å². The van der Waals surface area contributed by atoms with Crippen molar-refractivity contribution in [2.45, 2.75) is 13.2 Å². The number of hydrogen-bond acceptors (Lipinski definition) is 4. The summed E-state index contributed by atoms with van der Waals surface area (Å²) in [5.41, 5.74) is 0. The molecule has 0 aromatic heterocycles. The average molecular weight is 224 g/mol. The van der Waals surface area contributed by atoms with E-state index < -0.39 is 12.2 Å². The Morgan fingerprint density at radius 1 is 1.12 bits per heavy atom. The van der Waals surface area contributed by atoms with Crippen molar-refractivity contribution in [3.05, 3.63) is 30.3 Å². The fraction of sp³-hybridized carbons (Fsp3) is 0.417. The van der Waals surface area contributed by atoms with Crippen molar-refractivity contribution in [1.29, 1.82) is 0 Å². The van der Waals surface area contributed by atoms with Crippen LogP contribution in [-0.4, -0.2) is 26.5 Å². The van der Waals surface area contributed by atoms with Gasteiger partial charge in [-0.3, -0.25) is 4.79 Å². The molecule has 0 radical (unpaired) electrons. The van der Waals surface area contributed by atoms with Gasteiger partial charge < -0.3 is 14.2 Å². The summed E-state index contributed by atoms with van der Waals surface area (Å²) < 4.78 is 15.2. The summed E-state index contributed by atoms with van der Waals surface area (Å²) in [5, 5.41) is 0. The Bertz CT molecular complexity index is 319.